The zero-order chi connectivity index (χ0) is 43.2. The van der Waals surface area contributed by atoms with E-state index in [9.17, 15) is 14.0 Å². The monoisotopic (exact) mass is 841 g/mol. The molecule has 4 aliphatic rings. The fourth-order valence-electron chi connectivity index (χ4n) is 9.46. The van der Waals surface area contributed by atoms with Crippen molar-refractivity contribution in [1.29, 1.82) is 10.5 Å². The van der Waals surface area contributed by atoms with Crippen molar-refractivity contribution < 1.29 is 18.7 Å². The molecular formula is C49H73FN8O3. The highest BCUT2D eigenvalue weighted by molar-refractivity contribution is 5.76. The molecule has 0 radical (unpaired) electrons. The second kappa shape index (κ2) is 26.2. The molecular weight excluding hydrogens is 768 g/mol. The maximum absolute atomic E-state index is 14.1. The largest absolute Gasteiger partial charge is 0.492 e. The molecule has 2 aromatic carbocycles. The van der Waals surface area contributed by atoms with Gasteiger partial charge in [-0.05, 0) is 146 Å². The molecule has 11 nitrogen and oxygen atoms in total. The Morgan fingerprint density at radius 3 is 1.64 bits per heavy atom. The van der Waals surface area contributed by atoms with Crippen LogP contribution in [0.3, 0.4) is 0 Å². The van der Waals surface area contributed by atoms with E-state index < -0.39 is 0 Å². The molecule has 0 unspecified atom stereocenters. The number of hydrogen-bond acceptors (Lipinski definition) is 9. The number of anilines is 2. The smallest absolute Gasteiger partial charge is 0.220 e. The number of ether oxygens (including phenoxy) is 1. The summed E-state index contributed by atoms with van der Waals surface area (Å²) in [5.41, 5.74) is 3.06. The first-order chi connectivity index (χ1) is 29.7. The van der Waals surface area contributed by atoms with E-state index >= 15 is 0 Å². The van der Waals surface area contributed by atoms with Crippen LogP contribution in [0.2, 0.25) is 0 Å². The number of nitrogens with zero attached hydrogens (tertiary/aromatic N) is 6. The van der Waals surface area contributed by atoms with Gasteiger partial charge in [0.05, 0.1) is 30.1 Å². The van der Waals surface area contributed by atoms with E-state index in [4.69, 9.17) is 15.3 Å². The third-order valence-electron chi connectivity index (χ3n) is 13.2. The molecule has 2 aliphatic carbocycles. The number of hydrogen-bond donors (Lipinski definition) is 2. The van der Waals surface area contributed by atoms with E-state index in [-0.39, 0.29) is 17.6 Å². The molecule has 2 saturated carbocycles. The van der Waals surface area contributed by atoms with E-state index in [0.29, 0.717) is 57.2 Å². The van der Waals surface area contributed by atoms with Crippen molar-refractivity contribution in [2.24, 2.45) is 11.8 Å². The number of carbonyl (C=O) groups is 2. The van der Waals surface area contributed by atoms with Crippen LogP contribution in [0.15, 0.2) is 42.5 Å². The van der Waals surface area contributed by atoms with Crippen molar-refractivity contribution >= 4 is 23.2 Å². The summed E-state index contributed by atoms with van der Waals surface area (Å²) in [6, 6.07) is 18.5. The number of piperazine rings is 2. The Bertz CT molecular complexity index is 1700. The van der Waals surface area contributed by atoms with Crippen molar-refractivity contribution in [3.8, 4) is 17.9 Å². The van der Waals surface area contributed by atoms with Crippen molar-refractivity contribution in [3.63, 3.8) is 0 Å². The second-order valence-corrected chi connectivity index (χ2v) is 17.7. The lowest BCUT2D eigenvalue weighted by Crippen LogP contribution is -2.47. The minimum Gasteiger partial charge on any atom is -0.492 e. The number of amides is 2. The van der Waals surface area contributed by atoms with Gasteiger partial charge in [-0.1, -0.05) is 18.2 Å². The number of halogens is 1. The first kappa shape index (κ1) is 47.7. The highest BCUT2D eigenvalue weighted by atomic mass is 19.1. The minimum atomic E-state index is -0.122. The maximum atomic E-state index is 14.1. The van der Waals surface area contributed by atoms with E-state index in [0.717, 1.165) is 113 Å². The topological polar surface area (TPSA) is 128 Å². The highest BCUT2D eigenvalue weighted by Crippen LogP contribution is 2.31. The summed E-state index contributed by atoms with van der Waals surface area (Å²) in [4.78, 5) is 33.6. The molecule has 12 heteroatoms. The van der Waals surface area contributed by atoms with Gasteiger partial charge < -0.3 is 25.2 Å². The maximum Gasteiger partial charge on any atom is 0.220 e. The molecule has 334 valence electrons. The average molecular weight is 841 g/mol. The Kier molecular flexibility index (Phi) is 20.4. The average Bonchev–Trinajstić information content (AvgIpc) is 3.28. The Morgan fingerprint density at radius 2 is 1.16 bits per heavy atom. The molecule has 2 saturated heterocycles. The Labute approximate surface area is 366 Å². The van der Waals surface area contributed by atoms with Crippen LogP contribution in [-0.2, 0) is 9.59 Å². The molecule has 61 heavy (non-hydrogen) atoms. The lowest BCUT2D eigenvalue weighted by molar-refractivity contribution is -0.123. The molecule has 0 spiro atoms. The molecule has 2 amide bonds. The fourth-order valence-corrected chi connectivity index (χ4v) is 9.46. The molecule has 0 bridgehead atoms. The third-order valence-corrected chi connectivity index (χ3v) is 13.2. The van der Waals surface area contributed by atoms with Crippen LogP contribution in [-0.4, -0.2) is 106 Å². The lowest BCUT2D eigenvalue weighted by atomic mass is 9.84. The Morgan fingerprint density at radius 1 is 0.689 bits per heavy atom. The van der Waals surface area contributed by atoms with E-state index in [1.807, 2.05) is 32.0 Å². The Balaban J connectivity index is 0.000000231. The normalized spacial score (nSPS) is 22.2. The molecule has 2 heterocycles. The highest BCUT2D eigenvalue weighted by Gasteiger charge is 2.26. The van der Waals surface area contributed by atoms with Gasteiger partial charge in [0.1, 0.15) is 11.6 Å². The number of benzene rings is 2. The van der Waals surface area contributed by atoms with E-state index in [2.05, 4.69) is 60.6 Å². The van der Waals surface area contributed by atoms with Gasteiger partial charge in [-0.2, -0.15) is 10.5 Å². The van der Waals surface area contributed by atoms with Crippen molar-refractivity contribution in [3.05, 3.63) is 53.8 Å². The van der Waals surface area contributed by atoms with Gasteiger partial charge in [0.2, 0.25) is 11.8 Å². The van der Waals surface area contributed by atoms with Gasteiger partial charge in [0.15, 0.2) is 0 Å². The van der Waals surface area contributed by atoms with Gasteiger partial charge in [0.25, 0.3) is 0 Å². The quantitative estimate of drug-likeness (QED) is 0.144. The van der Waals surface area contributed by atoms with Crippen LogP contribution in [0.4, 0.5) is 15.8 Å². The fraction of sp³-hybridized carbons (Fsp3) is 0.673. The number of nitrogens with one attached hydrogen (secondary N) is 2. The number of para-hydroxylation sites is 2. The molecule has 0 aromatic heterocycles. The number of rotatable bonds is 18. The first-order valence-electron chi connectivity index (χ1n) is 23.5. The summed E-state index contributed by atoms with van der Waals surface area (Å²) < 4.78 is 19.9. The molecule has 2 N–H and O–H groups in total. The molecule has 2 aromatic rings. The number of unbranched alkanes of at least 4 members (excludes halogenated alkanes) is 2. The van der Waals surface area contributed by atoms with Crippen LogP contribution in [0, 0.1) is 47.2 Å². The number of nitriles is 2. The SMILES string of the molecule is CCOc1ccccc1N1CCN(CCC2CCC(NC(=O)CCCC#N)CC2)CC1.Cc1ccc(F)c(N2CCN(CCC3CCC(NC(=O)CCCC#N)CC3)CC2)c1. The predicted octanol–water partition coefficient (Wildman–Crippen LogP) is 7.98. The summed E-state index contributed by atoms with van der Waals surface area (Å²) in [6.07, 6.45) is 14.8. The van der Waals surface area contributed by atoms with Crippen LogP contribution in [0.1, 0.15) is 115 Å². The number of aryl methyl sites for hydroxylation is 1. The van der Waals surface area contributed by atoms with Gasteiger partial charge >= 0.3 is 0 Å². The van der Waals surface area contributed by atoms with Crippen LogP contribution >= 0.6 is 0 Å². The zero-order valence-corrected chi connectivity index (χ0v) is 37.2. The van der Waals surface area contributed by atoms with Crippen molar-refractivity contribution in [1.82, 2.24) is 20.4 Å². The summed E-state index contributed by atoms with van der Waals surface area (Å²) in [6.45, 7) is 15.1. The lowest BCUT2D eigenvalue weighted by Gasteiger charge is -2.37. The summed E-state index contributed by atoms with van der Waals surface area (Å²) in [5, 5.41) is 23.4. The van der Waals surface area contributed by atoms with Crippen molar-refractivity contribution in [2.45, 2.75) is 129 Å². The molecule has 4 fully saturated rings. The van der Waals surface area contributed by atoms with Crippen LogP contribution in [0.5, 0.6) is 5.75 Å². The zero-order valence-electron chi connectivity index (χ0n) is 37.2. The van der Waals surface area contributed by atoms with E-state index in [1.165, 1.54) is 50.8 Å². The van der Waals surface area contributed by atoms with Crippen LogP contribution < -0.4 is 25.2 Å². The predicted molar refractivity (Wildman–Crippen MR) is 242 cm³/mol. The second-order valence-electron chi connectivity index (χ2n) is 17.7. The summed E-state index contributed by atoms with van der Waals surface area (Å²) in [7, 11) is 0. The van der Waals surface area contributed by atoms with Gasteiger partial charge in [-0.3, -0.25) is 19.4 Å². The van der Waals surface area contributed by atoms with E-state index in [1.54, 1.807) is 6.07 Å². The summed E-state index contributed by atoms with van der Waals surface area (Å²) >= 11 is 0. The van der Waals surface area contributed by atoms with Gasteiger partial charge in [-0.25, -0.2) is 4.39 Å². The molecule has 2 aliphatic heterocycles. The van der Waals surface area contributed by atoms with Crippen molar-refractivity contribution in [2.75, 3.05) is 81.9 Å². The van der Waals surface area contributed by atoms with Crippen LogP contribution in [0.25, 0.3) is 0 Å². The molecule has 6 rings (SSSR count). The third kappa shape index (κ3) is 16.4. The summed E-state index contributed by atoms with van der Waals surface area (Å²) in [5.74, 6) is 2.60. The number of carbonyl (C=O) groups excluding carboxylic acids is 2. The van der Waals surface area contributed by atoms with Gasteiger partial charge in [-0.15, -0.1) is 0 Å². The first-order valence-corrected chi connectivity index (χ1v) is 23.5. The minimum absolute atomic E-state index is 0.0941. The molecule has 0 atom stereocenters. The standard InChI is InChI=1S/C25H38N4O2.C24H35FN4O/c1-2-31-24-8-4-3-7-23(24)29-19-17-28(18-20-29)16-14-21-10-12-22(13-11-21)27-25(30)9-5-6-15-26;1-19-5-10-22(25)23(18-19)29-16-14-28(15-17-29)13-11-20-6-8-21(9-7-20)27-24(30)4-2-3-12-26/h3-4,7-8,21-22H,2,5-6,9-14,16-20H2,1H3,(H,27,30);5,10,18,20-21H,2-4,6-9,11,13-17H2,1H3,(H,27,30). The Hall–Kier alpha value is -4.39. The van der Waals surface area contributed by atoms with Gasteiger partial charge in [0, 0.05) is 90.1 Å².